The fourth-order valence-corrected chi connectivity index (χ4v) is 4.01. The van der Waals surface area contributed by atoms with Crippen LogP contribution in [0.5, 0.6) is 0 Å². The van der Waals surface area contributed by atoms with Gasteiger partial charge in [-0.15, -0.1) is 0 Å². The van der Waals surface area contributed by atoms with Gasteiger partial charge in [0.1, 0.15) is 5.82 Å². The van der Waals surface area contributed by atoms with Crippen LogP contribution in [0.1, 0.15) is 22.5 Å². The number of rotatable bonds is 7. The Bertz CT molecular complexity index is 1480. The highest BCUT2D eigenvalue weighted by molar-refractivity contribution is 6.35. The van der Waals surface area contributed by atoms with E-state index in [1.54, 1.807) is 30.9 Å². The molecule has 0 saturated heterocycles. The van der Waals surface area contributed by atoms with Crippen LogP contribution in [-0.4, -0.2) is 19.9 Å². The van der Waals surface area contributed by atoms with Crippen LogP contribution in [0.4, 0.5) is 4.39 Å². The highest BCUT2D eigenvalue weighted by Gasteiger charge is 2.10. The van der Waals surface area contributed by atoms with Crippen LogP contribution < -0.4 is 5.32 Å². The Balaban J connectivity index is 1.29. The molecule has 1 aromatic carbocycles. The lowest BCUT2D eigenvalue weighted by molar-refractivity contribution is 0.607. The second-order valence-electron chi connectivity index (χ2n) is 7.92. The van der Waals surface area contributed by atoms with Crippen molar-refractivity contribution in [3.8, 4) is 11.3 Å². The zero-order chi connectivity index (χ0) is 23.5. The predicted octanol–water partition coefficient (Wildman–Crippen LogP) is 6.16. The van der Waals surface area contributed by atoms with E-state index >= 15 is 0 Å². The Morgan fingerprint density at radius 1 is 1.03 bits per heavy atom. The first-order chi connectivity index (χ1) is 16.6. The summed E-state index contributed by atoms with van der Waals surface area (Å²) in [5.41, 5.74) is 6.44. The van der Waals surface area contributed by atoms with Crippen molar-refractivity contribution >= 4 is 28.2 Å². The molecule has 5 nitrogen and oxygen atoms in total. The third-order valence-electron chi connectivity index (χ3n) is 5.60. The van der Waals surface area contributed by atoms with E-state index in [0.717, 1.165) is 33.6 Å². The van der Waals surface area contributed by atoms with Crippen LogP contribution in [-0.2, 0) is 13.0 Å². The van der Waals surface area contributed by atoms with Crippen LogP contribution in [0.3, 0.4) is 0 Å². The van der Waals surface area contributed by atoms with Crippen molar-refractivity contribution < 1.29 is 4.39 Å². The summed E-state index contributed by atoms with van der Waals surface area (Å²) in [7, 11) is 0. The molecule has 34 heavy (non-hydrogen) atoms. The molecular formula is C27H21ClFN5. The quantitative estimate of drug-likeness (QED) is 0.299. The third-order valence-corrected chi connectivity index (χ3v) is 5.91. The van der Waals surface area contributed by atoms with E-state index in [0.29, 0.717) is 28.2 Å². The summed E-state index contributed by atoms with van der Waals surface area (Å²) in [5.74, 6) is -0.304. The fourth-order valence-electron chi connectivity index (χ4n) is 3.80. The van der Waals surface area contributed by atoms with Crippen molar-refractivity contribution in [2.75, 3.05) is 0 Å². The van der Waals surface area contributed by atoms with E-state index < -0.39 is 0 Å². The van der Waals surface area contributed by atoms with Gasteiger partial charge in [-0.1, -0.05) is 24.2 Å². The summed E-state index contributed by atoms with van der Waals surface area (Å²) in [6.07, 6.45) is 7.49. The van der Waals surface area contributed by atoms with Gasteiger partial charge in [0.25, 0.3) is 0 Å². The molecule has 0 spiro atoms. The van der Waals surface area contributed by atoms with Gasteiger partial charge in [-0.3, -0.25) is 15.0 Å². The van der Waals surface area contributed by atoms with Crippen LogP contribution in [0.2, 0.25) is 5.02 Å². The van der Waals surface area contributed by atoms with Gasteiger partial charge in [-0.05, 0) is 48.5 Å². The first-order valence-electron chi connectivity index (χ1n) is 10.8. The number of pyridine rings is 3. The first kappa shape index (κ1) is 21.8. The first-order valence-corrected chi connectivity index (χ1v) is 11.1. The van der Waals surface area contributed by atoms with Crippen LogP contribution >= 0.6 is 11.6 Å². The molecule has 0 amide bonds. The molecule has 0 bridgehead atoms. The summed E-state index contributed by atoms with van der Waals surface area (Å²) in [6.45, 7) is 4.41. The molecule has 0 unspecified atom stereocenters. The van der Waals surface area contributed by atoms with Crippen molar-refractivity contribution in [3.05, 3.63) is 119 Å². The largest absolute Gasteiger partial charge is 0.381 e. The van der Waals surface area contributed by atoms with E-state index in [9.17, 15) is 4.39 Å². The number of benzene rings is 1. The topological polar surface area (TPSA) is 66.5 Å². The van der Waals surface area contributed by atoms with E-state index in [-0.39, 0.29) is 12.4 Å². The third kappa shape index (κ3) is 4.67. The average molecular weight is 470 g/mol. The summed E-state index contributed by atoms with van der Waals surface area (Å²) < 4.78 is 14.5. The van der Waals surface area contributed by atoms with Gasteiger partial charge >= 0.3 is 0 Å². The number of nitrogens with zero attached hydrogens (tertiary/aromatic N) is 3. The molecule has 0 aliphatic carbocycles. The SMILES string of the molecule is C=C(NCc1cc2c(Cl)c[nH]c2cc1F)c1ccnc(Cc2cccc(-c3ccncc3)n2)c1. The Labute approximate surface area is 201 Å². The molecule has 0 radical (unpaired) electrons. The van der Waals surface area contributed by atoms with Gasteiger partial charge in [0.15, 0.2) is 0 Å². The Morgan fingerprint density at radius 3 is 2.74 bits per heavy atom. The number of fused-ring (bicyclic) bond motifs is 1. The van der Waals surface area contributed by atoms with E-state index in [1.807, 2.05) is 42.5 Å². The molecule has 0 saturated carbocycles. The fraction of sp³-hybridized carbons (Fsp3) is 0.0741. The molecule has 0 aliphatic heterocycles. The predicted molar refractivity (Wildman–Crippen MR) is 134 cm³/mol. The average Bonchev–Trinajstić information content (AvgIpc) is 3.22. The standard InChI is InChI=1S/C27H21ClFN5/c1-17(32-15-20-12-23-24(28)16-33-27(23)14-25(20)29)19-7-10-31-22(11-19)13-21-3-2-4-26(34-21)18-5-8-30-9-6-18/h2-12,14,16,32-33H,1,13,15H2. The summed E-state index contributed by atoms with van der Waals surface area (Å²) in [4.78, 5) is 16.3. The maximum absolute atomic E-state index is 14.5. The van der Waals surface area contributed by atoms with E-state index in [1.165, 1.54) is 6.07 Å². The maximum Gasteiger partial charge on any atom is 0.130 e. The second-order valence-corrected chi connectivity index (χ2v) is 8.33. The number of halogens is 2. The van der Waals surface area contributed by atoms with Crippen LogP contribution in [0, 0.1) is 5.82 Å². The van der Waals surface area contributed by atoms with Gasteiger partial charge < -0.3 is 10.3 Å². The number of H-pyrrole nitrogens is 1. The molecule has 7 heteroatoms. The lowest BCUT2D eigenvalue weighted by atomic mass is 10.1. The summed E-state index contributed by atoms with van der Waals surface area (Å²) in [5, 5.41) is 4.57. The zero-order valence-corrected chi connectivity index (χ0v) is 19.0. The Hall–Kier alpha value is -4.03. The minimum Gasteiger partial charge on any atom is -0.381 e. The number of aromatic amines is 1. The molecule has 4 aromatic heterocycles. The molecular weight excluding hydrogens is 449 g/mol. The molecule has 0 fully saturated rings. The molecule has 0 atom stereocenters. The maximum atomic E-state index is 14.5. The molecule has 5 rings (SSSR count). The molecule has 4 heterocycles. The summed E-state index contributed by atoms with van der Waals surface area (Å²) >= 11 is 6.18. The van der Waals surface area contributed by atoms with Gasteiger partial charge in [-0.25, -0.2) is 4.39 Å². The normalized spacial score (nSPS) is 11.0. The van der Waals surface area contributed by atoms with Crippen LogP contribution in [0.25, 0.3) is 27.9 Å². The zero-order valence-electron chi connectivity index (χ0n) is 18.2. The van der Waals surface area contributed by atoms with Crippen molar-refractivity contribution in [2.45, 2.75) is 13.0 Å². The van der Waals surface area contributed by atoms with Crippen LogP contribution in [0.15, 0.2) is 86.0 Å². The van der Waals surface area contributed by atoms with E-state index in [2.05, 4.69) is 26.8 Å². The second kappa shape index (κ2) is 9.45. The summed E-state index contributed by atoms with van der Waals surface area (Å²) in [6, 6.07) is 16.9. The van der Waals surface area contributed by atoms with Crippen molar-refractivity contribution in [1.82, 2.24) is 25.3 Å². The van der Waals surface area contributed by atoms with Crippen molar-refractivity contribution in [3.63, 3.8) is 0 Å². The molecule has 168 valence electrons. The number of aromatic nitrogens is 4. The van der Waals surface area contributed by atoms with Gasteiger partial charge in [0.05, 0.1) is 10.7 Å². The lowest BCUT2D eigenvalue weighted by Gasteiger charge is -2.12. The van der Waals surface area contributed by atoms with E-state index in [4.69, 9.17) is 16.6 Å². The van der Waals surface area contributed by atoms with Gasteiger partial charge in [0.2, 0.25) is 0 Å². The van der Waals surface area contributed by atoms with Gasteiger partial charge in [0, 0.05) is 82.4 Å². The van der Waals surface area contributed by atoms with Gasteiger partial charge in [-0.2, -0.15) is 0 Å². The highest BCUT2D eigenvalue weighted by atomic mass is 35.5. The smallest absolute Gasteiger partial charge is 0.130 e. The highest BCUT2D eigenvalue weighted by Crippen LogP contribution is 2.26. The molecule has 5 aromatic rings. The van der Waals surface area contributed by atoms with Crippen molar-refractivity contribution in [1.29, 1.82) is 0 Å². The monoisotopic (exact) mass is 469 g/mol. The Kier molecular flexibility index (Phi) is 6.06. The molecule has 2 N–H and O–H groups in total. The number of hydrogen-bond acceptors (Lipinski definition) is 4. The Morgan fingerprint density at radius 2 is 1.88 bits per heavy atom. The minimum atomic E-state index is -0.304. The van der Waals surface area contributed by atoms with Crippen molar-refractivity contribution in [2.24, 2.45) is 0 Å². The molecule has 0 aliphatic rings. The lowest BCUT2D eigenvalue weighted by Crippen LogP contribution is -2.12. The number of nitrogens with one attached hydrogen (secondary N) is 2. The number of hydrogen-bond donors (Lipinski definition) is 2. The minimum absolute atomic E-state index is 0.287.